The molecule has 7 nitrogen and oxygen atoms in total. The van der Waals surface area contributed by atoms with Crippen molar-refractivity contribution in [3.8, 4) is 0 Å². The highest BCUT2D eigenvalue weighted by molar-refractivity contribution is 7.81. The minimum absolute atomic E-state index is 0.00710. The fourth-order valence-electron chi connectivity index (χ4n) is 3.70. The highest BCUT2D eigenvalue weighted by atomic mass is 32.1. The lowest BCUT2D eigenvalue weighted by Crippen LogP contribution is -2.42. The van der Waals surface area contributed by atoms with Gasteiger partial charge in [-0.25, -0.2) is 9.18 Å². The Morgan fingerprint density at radius 3 is 2.87 bits per heavy atom. The average Bonchev–Trinajstić information content (AvgIpc) is 3.18. The Balaban J connectivity index is 1.78. The SMILES string of the molecule is COC(=O)C(c1ccccc1F)N1CCC(S)/C(=C/c2ccn(CCCC(=O)O)n2)C1. The van der Waals surface area contributed by atoms with E-state index in [0.29, 0.717) is 32.5 Å². The molecule has 3 rings (SSSR count). The van der Waals surface area contributed by atoms with E-state index in [2.05, 4.69) is 17.7 Å². The number of methoxy groups -OCH3 is 1. The van der Waals surface area contributed by atoms with E-state index in [0.717, 1.165) is 11.3 Å². The predicted octanol–water partition coefficient (Wildman–Crippen LogP) is 3.19. The largest absolute Gasteiger partial charge is 0.481 e. The van der Waals surface area contributed by atoms with Crippen LogP contribution in [0.3, 0.4) is 0 Å². The van der Waals surface area contributed by atoms with E-state index < -0.39 is 23.8 Å². The maximum Gasteiger partial charge on any atom is 0.327 e. The first-order valence-electron chi connectivity index (χ1n) is 10.1. The van der Waals surface area contributed by atoms with Gasteiger partial charge in [0.1, 0.15) is 11.9 Å². The molecule has 0 bridgehead atoms. The minimum Gasteiger partial charge on any atom is -0.481 e. The number of carbonyl (C=O) groups excluding carboxylic acids is 1. The Bertz CT molecular complexity index is 962. The Hall–Kier alpha value is -2.65. The topological polar surface area (TPSA) is 84.7 Å². The molecule has 1 N–H and O–H groups in total. The summed E-state index contributed by atoms with van der Waals surface area (Å²) in [6, 6.07) is 7.24. The Morgan fingerprint density at radius 1 is 1.39 bits per heavy atom. The lowest BCUT2D eigenvalue weighted by atomic mass is 9.97. The number of halogens is 1. The predicted molar refractivity (Wildman–Crippen MR) is 117 cm³/mol. The number of ether oxygens (including phenoxy) is 1. The van der Waals surface area contributed by atoms with Gasteiger partial charge in [-0.15, -0.1) is 0 Å². The zero-order valence-electron chi connectivity index (χ0n) is 17.3. The molecule has 166 valence electrons. The summed E-state index contributed by atoms with van der Waals surface area (Å²) in [4.78, 5) is 25.1. The summed E-state index contributed by atoms with van der Waals surface area (Å²) < 4.78 is 21.1. The van der Waals surface area contributed by atoms with Crippen LogP contribution in [0.5, 0.6) is 0 Å². The van der Waals surface area contributed by atoms with Gasteiger partial charge in [0.25, 0.3) is 0 Å². The van der Waals surface area contributed by atoms with E-state index in [9.17, 15) is 14.0 Å². The van der Waals surface area contributed by atoms with Crippen LogP contribution in [0.15, 0.2) is 42.1 Å². The molecule has 1 aromatic carbocycles. The van der Waals surface area contributed by atoms with Crippen molar-refractivity contribution < 1.29 is 23.8 Å². The summed E-state index contributed by atoms with van der Waals surface area (Å²) >= 11 is 4.68. The number of hydrogen-bond donors (Lipinski definition) is 2. The third-order valence-electron chi connectivity index (χ3n) is 5.27. The van der Waals surface area contributed by atoms with E-state index in [-0.39, 0.29) is 17.2 Å². The first-order chi connectivity index (χ1) is 14.9. The fourth-order valence-corrected chi connectivity index (χ4v) is 3.97. The van der Waals surface area contributed by atoms with Gasteiger partial charge in [-0.3, -0.25) is 14.4 Å². The second-order valence-electron chi connectivity index (χ2n) is 7.44. The maximum atomic E-state index is 14.5. The van der Waals surface area contributed by atoms with Gasteiger partial charge in [0.2, 0.25) is 0 Å². The van der Waals surface area contributed by atoms with Crippen molar-refractivity contribution in [3.63, 3.8) is 0 Å². The monoisotopic (exact) mass is 447 g/mol. The second kappa shape index (κ2) is 10.6. The van der Waals surface area contributed by atoms with Crippen LogP contribution in [0.4, 0.5) is 4.39 Å². The molecule has 0 saturated carbocycles. The summed E-state index contributed by atoms with van der Waals surface area (Å²) in [5.74, 6) is -1.79. The van der Waals surface area contributed by atoms with E-state index in [1.54, 1.807) is 29.1 Å². The van der Waals surface area contributed by atoms with Gasteiger partial charge >= 0.3 is 11.9 Å². The number of nitrogens with zero attached hydrogens (tertiary/aromatic N) is 3. The van der Waals surface area contributed by atoms with Crippen molar-refractivity contribution in [1.29, 1.82) is 0 Å². The van der Waals surface area contributed by atoms with Gasteiger partial charge in [-0.05, 0) is 36.6 Å². The van der Waals surface area contributed by atoms with E-state index in [1.165, 1.54) is 13.2 Å². The molecule has 2 atom stereocenters. The van der Waals surface area contributed by atoms with Crippen LogP contribution in [0.2, 0.25) is 0 Å². The Kier molecular flexibility index (Phi) is 7.86. The fraction of sp³-hybridized carbons (Fsp3) is 0.409. The van der Waals surface area contributed by atoms with Crippen molar-refractivity contribution >= 4 is 30.6 Å². The van der Waals surface area contributed by atoms with Crippen LogP contribution in [0.25, 0.3) is 6.08 Å². The molecule has 0 spiro atoms. The molecule has 1 aromatic heterocycles. The van der Waals surface area contributed by atoms with Gasteiger partial charge in [-0.2, -0.15) is 17.7 Å². The van der Waals surface area contributed by atoms with Crippen LogP contribution < -0.4 is 0 Å². The van der Waals surface area contributed by atoms with Crippen LogP contribution in [-0.4, -0.2) is 57.2 Å². The van der Waals surface area contributed by atoms with Gasteiger partial charge in [0, 0.05) is 43.1 Å². The van der Waals surface area contributed by atoms with Gasteiger partial charge < -0.3 is 9.84 Å². The van der Waals surface area contributed by atoms with Crippen molar-refractivity contribution in [3.05, 3.63) is 59.2 Å². The molecule has 1 fully saturated rings. The van der Waals surface area contributed by atoms with Crippen LogP contribution >= 0.6 is 12.6 Å². The quantitative estimate of drug-likeness (QED) is 0.478. The van der Waals surface area contributed by atoms with Crippen LogP contribution in [0, 0.1) is 5.82 Å². The number of carboxylic acid groups (broad SMARTS) is 1. The molecule has 1 aliphatic heterocycles. The smallest absolute Gasteiger partial charge is 0.327 e. The molecular weight excluding hydrogens is 421 g/mol. The van der Waals surface area contributed by atoms with E-state index in [1.807, 2.05) is 17.0 Å². The molecule has 0 aliphatic carbocycles. The first kappa shape index (κ1) is 23.0. The highest BCUT2D eigenvalue weighted by Crippen LogP contribution is 2.31. The number of piperidine rings is 1. The lowest BCUT2D eigenvalue weighted by Gasteiger charge is -2.36. The zero-order valence-corrected chi connectivity index (χ0v) is 18.2. The maximum absolute atomic E-state index is 14.5. The van der Waals surface area contributed by atoms with Crippen molar-refractivity contribution in [1.82, 2.24) is 14.7 Å². The zero-order chi connectivity index (χ0) is 22.4. The van der Waals surface area contributed by atoms with Gasteiger partial charge in [0.05, 0.1) is 12.8 Å². The minimum atomic E-state index is -0.844. The lowest BCUT2D eigenvalue weighted by molar-refractivity contribution is -0.147. The third-order valence-corrected chi connectivity index (χ3v) is 5.86. The molecule has 0 radical (unpaired) electrons. The number of hydrogen-bond acceptors (Lipinski definition) is 6. The van der Waals surface area contributed by atoms with Crippen LogP contribution in [-0.2, 0) is 20.9 Å². The summed E-state index contributed by atoms with van der Waals surface area (Å²) in [7, 11) is 1.30. The number of rotatable bonds is 8. The molecule has 1 saturated heterocycles. The number of benzene rings is 1. The van der Waals surface area contributed by atoms with Crippen LogP contribution in [0.1, 0.15) is 36.6 Å². The van der Waals surface area contributed by atoms with Gasteiger partial charge in [0.15, 0.2) is 0 Å². The third kappa shape index (κ3) is 5.95. The molecule has 9 heteroatoms. The average molecular weight is 448 g/mol. The number of aryl methyl sites for hydroxylation is 1. The number of likely N-dealkylation sites (tertiary alicyclic amines) is 1. The van der Waals surface area contributed by atoms with Crippen molar-refractivity contribution in [2.75, 3.05) is 20.2 Å². The summed E-state index contributed by atoms with van der Waals surface area (Å²) in [6.45, 7) is 1.51. The number of esters is 1. The Morgan fingerprint density at radius 2 is 2.16 bits per heavy atom. The molecule has 0 amide bonds. The number of thiol groups is 1. The van der Waals surface area contributed by atoms with E-state index in [4.69, 9.17) is 9.84 Å². The number of carbonyl (C=O) groups is 2. The summed E-state index contributed by atoms with van der Waals surface area (Å²) in [5.41, 5.74) is 1.98. The van der Waals surface area contributed by atoms with E-state index >= 15 is 0 Å². The molecule has 2 aromatic rings. The van der Waals surface area contributed by atoms with Crippen molar-refractivity contribution in [2.24, 2.45) is 0 Å². The molecule has 2 heterocycles. The standard InChI is InChI=1S/C22H26FN3O4S/c1-30-22(29)21(17-5-2-3-6-18(17)23)25-11-9-19(31)15(14-25)13-16-8-12-26(24-16)10-4-7-20(27)28/h2-3,5-6,8,12-13,19,21,31H,4,7,9-11,14H2,1H3,(H,27,28)/b15-13+. The normalized spacial score (nSPS) is 19.3. The highest BCUT2D eigenvalue weighted by Gasteiger charge is 2.34. The molecule has 2 unspecified atom stereocenters. The van der Waals surface area contributed by atoms with Crippen molar-refractivity contribution in [2.45, 2.75) is 37.1 Å². The number of aliphatic carboxylic acids is 1. The number of carboxylic acids is 1. The summed E-state index contributed by atoms with van der Waals surface area (Å²) in [6.07, 6.45) is 5.01. The molecule has 1 aliphatic rings. The first-order valence-corrected chi connectivity index (χ1v) is 10.6. The Labute approximate surface area is 185 Å². The van der Waals surface area contributed by atoms with Gasteiger partial charge in [-0.1, -0.05) is 18.2 Å². The number of aromatic nitrogens is 2. The summed E-state index contributed by atoms with van der Waals surface area (Å²) in [5, 5.41) is 13.2. The molecular formula is C22H26FN3O4S. The second-order valence-corrected chi connectivity index (χ2v) is 8.07. The molecule has 31 heavy (non-hydrogen) atoms.